The molecule has 0 bridgehead atoms. The molecule has 0 aromatic heterocycles. The molecular formula is C28H32N4. The Hall–Kier alpha value is -2.82. The zero-order chi connectivity index (χ0) is 22.0. The summed E-state index contributed by atoms with van der Waals surface area (Å²) in [6.45, 7) is 3.91. The lowest BCUT2D eigenvalue weighted by atomic mass is 9.80. The number of rotatable bonds is 7. The molecule has 2 heterocycles. The van der Waals surface area contributed by atoms with E-state index in [1.165, 1.54) is 37.7 Å². The van der Waals surface area contributed by atoms with Crippen molar-refractivity contribution in [3.8, 4) is 12.1 Å². The Bertz CT molecular complexity index is 1000. The van der Waals surface area contributed by atoms with E-state index in [2.05, 4.69) is 52.3 Å². The second kappa shape index (κ2) is 8.97. The Morgan fingerprint density at radius 2 is 1.62 bits per heavy atom. The Morgan fingerprint density at radius 3 is 2.34 bits per heavy atom. The first-order valence-corrected chi connectivity index (χ1v) is 12.1. The van der Waals surface area contributed by atoms with Crippen LogP contribution in [0.5, 0.6) is 0 Å². The van der Waals surface area contributed by atoms with Crippen LogP contribution in [0.15, 0.2) is 54.6 Å². The van der Waals surface area contributed by atoms with Crippen molar-refractivity contribution >= 4 is 5.69 Å². The molecular weight excluding hydrogens is 392 g/mol. The molecule has 0 radical (unpaired) electrons. The van der Waals surface area contributed by atoms with Crippen molar-refractivity contribution in [2.24, 2.45) is 11.8 Å². The van der Waals surface area contributed by atoms with Crippen molar-refractivity contribution in [3.05, 3.63) is 65.7 Å². The van der Waals surface area contributed by atoms with Crippen molar-refractivity contribution in [1.82, 2.24) is 4.90 Å². The van der Waals surface area contributed by atoms with Gasteiger partial charge < -0.3 is 4.90 Å². The van der Waals surface area contributed by atoms with Crippen LogP contribution in [0.1, 0.15) is 55.6 Å². The van der Waals surface area contributed by atoms with Gasteiger partial charge in [-0.15, -0.1) is 0 Å². The van der Waals surface area contributed by atoms with Crippen molar-refractivity contribution in [3.63, 3.8) is 0 Å². The second-order valence-corrected chi connectivity index (χ2v) is 10.1. The fourth-order valence-corrected chi connectivity index (χ4v) is 6.07. The van der Waals surface area contributed by atoms with Gasteiger partial charge in [0.1, 0.15) is 6.07 Å². The number of benzene rings is 2. The molecule has 3 fully saturated rings. The van der Waals surface area contributed by atoms with E-state index in [0.717, 1.165) is 55.2 Å². The number of hydrogen-bond acceptors (Lipinski definition) is 4. The number of nitrogens with zero attached hydrogens (tertiary/aromatic N) is 4. The molecule has 0 spiro atoms. The van der Waals surface area contributed by atoms with Crippen LogP contribution in [0, 0.1) is 34.5 Å². The van der Waals surface area contributed by atoms with Crippen molar-refractivity contribution in [2.45, 2.75) is 50.0 Å². The highest BCUT2D eigenvalue weighted by atomic mass is 15.4. The topological polar surface area (TPSA) is 54.1 Å². The normalized spacial score (nSPS) is 24.9. The van der Waals surface area contributed by atoms with Crippen LogP contribution in [0.2, 0.25) is 0 Å². The van der Waals surface area contributed by atoms with Crippen LogP contribution in [-0.4, -0.2) is 36.6 Å². The maximum atomic E-state index is 9.53. The van der Waals surface area contributed by atoms with Gasteiger partial charge in [0.15, 0.2) is 0 Å². The lowest BCUT2D eigenvalue weighted by molar-refractivity contribution is 0.0282. The smallest absolute Gasteiger partial charge is 0.101 e. The van der Waals surface area contributed by atoms with Gasteiger partial charge in [-0.1, -0.05) is 48.9 Å². The first kappa shape index (κ1) is 21.0. The quantitative estimate of drug-likeness (QED) is 0.603. The monoisotopic (exact) mass is 424 g/mol. The summed E-state index contributed by atoms with van der Waals surface area (Å²) >= 11 is 0. The van der Waals surface area contributed by atoms with E-state index in [1.807, 2.05) is 24.3 Å². The van der Waals surface area contributed by atoms with Crippen molar-refractivity contribution in [2.75, 3.05) is 31.1 Å². The van der Waals surface area contributed by atoms with Crippen molar-refractivity contribution < 1.29 is 0 Å². The molecule has 0 amide bonds. The summed E-state index contributed by atoms with van der Waals surface area (Å²) in [7, 11) is 0. The first-order chi connectivity index (χ1) is 15.7. The highest BCUT2D eigenvalue weighted by molar-refractivity contribution is 5.61. The number of likely N-dealkylation sites (tertiary alicyclic amines) is 1. The molecule has 1 saturated carbocycles. The average molecular weight is 425 g/mol. The summed E-state index contributed by atoms with van der Waals surface area (Å²) < 4.78 is 0. The molecule has 164 valence electrons. The summed E-state index contributed by atoms with van der Waals surface area (Å²) in [6.07, 6.45) is 7.17. The number of nitriles is 2. The summed E-state index contributed by atoms with van der Waals surface area (Å²) in [5.41, 5.74) is 3.22. The van der Waals surface area contributed by atoms with Gasteiger partial charge >= 0.3 is 0 Å². The average Bonchev–Trinajstić information content (AvgIpc) is 3.61. The van der Waals surface area contributed by atoms with E-state index in [9.17, 15) is 10.5 Å². The zero-order valence-corrected chi connectivity index (χ0v) is 18.8. The molecule has 1 aliphatic carbocycles. The van der Waals surface area contributed by atoms with Gasteiger partial charge in [0.2, 0.25) is 0 Å². The Labute approximate surface area is 192 Å². The first-order valence-electron chi connectivity index (χ1n) is 12.1. The van der Waals surface area contributed by atoms with E-state index >= 15 is 0 Å². The van der Waals surface area contributed by atoms with Gasteiger partial charge in [0, 0.05) is 13.1 Å². The molecule has 5 rings (SSSR count). The molecule has 32 heavy (non-hydrogen) atoms. The molecule has 2 unspecified atom stereocenters. The van der Waals surface area contributed by atoms with E-state index < -0.39 is 0 Å². The van der Waals surface area contributed by atoms with Gasteiger partial charge in [0.05, 0.1) is 29.3 Å². The van der Waals surface area contributed by atoms with Crippen LogP contribution in [0.3, 0.4) is 0 Å². The maximum Gasteiger partial charge on any atom is 0.101 e. The molecule has 2 aliphatic heterocycles. The summed E-state index contributed by atoms with van der Waals surface area (Å²) in [6, 6.07) is 23.6. The van der Waals surface area contributed by atoms with Gasteiger partial charge in [-0.2, -0.15) is 10.5 Å². The van der Waals surface area contributed by atoms with Gasteiger partial charge in [-0.3, -0.25) is 4.90 Å². The molecule has 0 N–H and O–H groups in total. The van der Waals surface area contributed by atoms with E-state index in [1.54, 1.807) is 0 Å². The summed E-state index contributed by atoms with van der Waals surface area (Å²) in [5, 5.41) is 19.0. The highest BCUT2D eigenvalue weighted by Gasteiger charge is 2.48. The number of piperidine rings is 1. The van der Waals surface area contributed by atoms with Gasteiger partial charge in [-0.05, 0) is 74.2 Å². The van der Waals surface area contributed by atoms with E-state index in [-0.39, 0.29) is 5.54 Å². The minimum Gasteiger partial charge on any atom is -0.367 e. The molecule has 2 aromatic carbocycles. The minimum absolute atomic E-state index is 0.0445. The van der Waals surface area contributed by atoms with Crippen LogP contribution in [-0.2, 0) is 0 Å². The van der Waals surface area contributed by atoms with Crippen LogP contribution in [0.25, 0.3) is 0 Å². The van der Waals surface area contributed by atoms with E-state index in [0.29, 0.717) is 6.42 Å². The molecule has 2 aromatic rings. The number of hydrogen-bond donors (Lipinski definition) is 0. The Kier molecular flexibility index (Phi) is 5.90. The van der Waals surface area contributed by atoms with Gasteiger partial charge in [0.25, 0.3) is 0 Å². The fraction of sp³-hybridized carbons (Fsp3) is 0.500. The standard InChI is InChI=1S/C28H32N4/c29-15-14-28(20-31(21-28)27-9-5-4-8-25(27)19-30)32-16-12-22(13-17-32)10-11-24-18-26(24)23-6-2-1-3-7-23/h1-9,22,24,26H,10-14,16-18,20-21H2. The predicted octanol–water partition coefficient (Wildman–Crippen LogP) is 5.33. The fourth-order valence-electron chi connectivity index (χ4n) is 6.07. The molecule has 2 saturated heterocycles. The molecule has 4 nitrogen and oxygen atoms in total. The largest absolute Gasteiger partial charge is 0.367 e. The van der Waals surface area contributed by atoms with Crippen LogP contribution in [0.4, 0.5) is 5.69 Å². The summed E-state index contributed by atoms with van der Waals surface area (Å²) in [4.78, 5) is 4.86. The molecule has 2 atom stereocenters. The van der Waals surface area contributed by atoms with Crippen LogP contribution < -0.4 is 4.90 Å². The predicted molar refractivity (Wildman–Crippen MR) is 127 cm³/mol. The number of anilines is 1. The highest BCUT2D eigenvalue weighted by Crippen LogP contribution is 2.51. The van der Waals surface area contributed by atoms with Crippen LogP contribution >= 0.6 is 0 Å². The second-order valence-electron chi connectivity index (χ2n) is 10.1. The van der Waals surface area contributed by atoms with E-state index in [4.69, 9.17) is 0 Å². The minimum atomic E-state index is -0.0445. The van der Waals surface area contributed by atoms with Gasteiger partial charge in [-0.25, -0.2) is 0 Å². The molecule has 4 heteroatoms. The Balaban J connectivity index is 1.12. The Morgan fingerprint density at radius 1 is 0.906 bits per heavy atom. The SMILES string of the molecule is N#CCC1(N2CCC(CCC3CC3c3ccccc3)CC2)CN(c2ccccc2C#N)C1. The third kappa shape index (κ3) is 4.13. The third-order valence-electron chi connectivity index (χ3n) is 8.13. The number of para-hydroxylation sites is 1. The maximum absolute atomic E-state index is 9.53. The summed E-state index contributed by atoms with van der Waals surface area (Å²) in [5.74, 6) is 2.52. The lowest BCUT2D eigenvalue weighted by Crippen LogP contribution is -2.71. The van der Waals surface area contributed by atoms with Crippen molar-refractivity contribution in [1.29, 1.82) is 10.5 Å². The zero-order valence-electron chi connectivity index (χ0n) is 18.8. The molecule has 3 aliphatic rings. The third-order valence-corrected chi connectivity index (χ3v) is 8.13. The lowest BCUT2D eigenvalue weighted by Gasteiger charge is -2.57.